The third kappa shape index (κ3) is 44.6. The number of hydrogen-bond donors (Lipinski definition) is 2. The lowest BCUT2D eigenvalue weighted by atomic mass is 10.6. The molecular weight excluding hydrogens is 670 g/mol. The highest BCUT2D eigenvalue weighted by Crippen LogP contribution is 2.01. The van der Waals surface area contributed by atoms with Gasteiger partial charge in [-0.25, -0.2) is 4.79 Å². The molecule has 0 aromatic carbocycles. The van der Waals surface area contributed by atoms with E-state index in [4.69, 9.17) is 61.6 Å². The zero-order valence-electron chi connectivity index (χ0n) is 30.0. The van der Waals surface area contributed by atoms with Crippen molar-refractivity contribution in [2.75, 3.05) is 172 Å². The maximum Gasteiger partial charge on any atom is 0.329 e. The lowest BCUT2D eigenvalue weighted by Gasteiger charge is -2.16. The van der Waals surface area contributed by atoms with Gasteiger partial charge in [-0.3, -0.25) is 4.79 Å². The van der Waals surface area contributed by atoms with Crippen LogP contribution in [0.25, 0.3) is 0 Å². The van der Waals surface area contributed by atoms with Gasteiger partial charge in [0, 0.05) is 6.54 Å². The minimum absolute atomic E-state index is 0.300. The Kier molecular flexibility index (Phi) is 36.8. The largest absolute Gasteiger partial charge is 0.480 e. The van der Waals surface area contributed by atoms with E-state index in [9.17, 15) is 9.59 Å². The third-order valence-corrected chi connectivity index (χ3v) is 6.58. The molecule has 0 spiro atoms. The Morgan fingerprint density at radius 1 is 0.408 bits per heavy atom. The highest BCUT2D eigenvalue weighted by atomic mass is 28.4. The van der Waals surface area contributed by atoms with E-state index in [1.807, 2.05) is 0 Å². The number of rotatable bonds is 41. The molecule has 18 heteroatoms. The highest BCUT2D eigenvalue weighted by Gasteiger charge is 2.13. The summed E-state index contributed by atoms with van der Waals surface area (Å²) in [6, 6.07) is 0. The van der Waals surface area contributed by atoms with Crippen LogP contribution in [-0.2, 0) is 70.9 Å². The van der Waals surface area contributed by atoms with E-state index in [-0.39, 0.29) is 6.61 Å². The van der Waals surface area contributed by atoms with Crippen LogP contribution in [0.4, 0.5) is 0 Å². The van der Waals surface area contributed by atoms with Crippen LogP contribution in [-0.4, -0.2) is 197 Å². The Bertz CT molecular complexity index is 720. The number of carboxylic acids is 1. The summed E-state index contributed by atoms with van der Waals surface area (Å²) in [5, 5.41) is 11.0. The molecule has 0 atom stereocenters. The van der Waals surface area contributed by atoms with E-state index in [1.165, 1.54) is 0 Å². The molecule has 49 heavy (non-hydrogen) atoms. The molecular formula is C31H63NO16Si. The average molecular weight is 734 g/mol. The summed E-state index contributed by atoms with van der Waals surface area (Å²) in [5.74, 6) is -1.52. The molecule has 2 N–H and O–H groups in total. The number of amides is 1. The number of ether oxygens (including phenoxy) is 12. The summed E-state index contributed by atoms with van der Waals surface area (Å²) in [6.45, 7) is 17.1. The Labute approximate surface area is 292 Å². The number of carbonyl (C=O) groups excluding carboxylic acids is 1. The Morgan fingerprint density at radius 2 is 0.673 bits per heavy atom. The number of nitrogens with one attached hydrogen (secondary N) is 1. The molecule has 0 fully saturated rings. The van der Waals surface area contributed by atoms with Crippen molar-refractivity contribution in [3.63, 3.8) is 0 Å². The monoisotopic (exact) mass is 733 g/mol. The second-order valence-electron chi connectivity index (χ2n) is 10.9. The summed E-state index contributed by atoms with van der Waals surface area (Å²) in [5.41, 5.74) is 0. The molecule has 0 saturated carbocycles. The van der Waals surface area contributed by atoms with Crippen molar-refractivity contribution in [1.82, 2.24) is 5.32 Å². The van der Waals surface area contributed by atoms with Crippen LogP contribution in [0, 0.1) is 0 Å². The third-order valence-electron chi connectivity index (χ3n) is 5.51. The fraction of sp³-hybridized carbons (Fsp3) is 0.935. The maximum atomic E-state index is 11.4. The summed E-state index contributed by atoms with van der Waals surface area (Å²) in [4.78, 5) is 21.6. The summed E-state index contributed by atoms with van der Waals surface area (Å²) >= 11 is 0. The van der Waals surface area contributed by atoms with Gasteiger partial charge in [0.15, 0.2) is 8.32 Å². The van der Waals surface area contributed by atoms with Crippen molar-refractivity contribution in [3.05, 3.63) is 0 Å². The van der Waals surface area contributed by atoms with Gasteiger partial charge in [0.25, 0.3) is 0 Å². The van der Waals surface area contributed by atoms with Crippen molar-refractivity contribution >= 4 is 20.2 Å². The second kappa shape index (κ2) is 37.9. The van der Waals surface area contributed by atoms with Crippen LogP contribution in [0.15, 0.2) is 0 Å². The van der Waals surface area contributed by atoms with Crippen molar-refractivity contribution in [3.8, 4) is 0 Å². The molecule has 0 aromatic rings. The van der Waals surface area contributed by atoms with Crippen LogP contribution in [0.1, 0.15) is 0 Å². The van der Waals surface area contributed by atoms with Gasteiger partial charge in [-0.1, -0.05) is 0 Å². The Morgan fingerprint density at radius 3 is 0.939 bits per heavy atom. The number of carboxylic acid groups (broad SMARTS) is 1. The summed E-state index contributed by atoms with van der Waals surface area (Å²) in [6.07, 6.45) is 0. The standard InChI is InChI=1S/C31H63NO16Si/c1-49(2,3)48-27-26-46-25-24-45-23-22-44-21-20-43-19-18-42-17-16-41-15-14-40-13-12-39-11-10-38-9-8-37-7-6-36-5-4-32-30(33)28-47-29-31(34)35/h4-29H2,1-3H3,(H,32,33)(H,34,35). The summed E-state index contributed by atoms with van der Waals surface area (Å²) in [7, 11) is -1.46. The van der Waals surface area contributed by atoms with E-state index in [0.29, 0.717) is 159 Å². The molecule has 0 saturated heterocycles. The predicted octanol–water partition coefficient (Wildman–Crippen LogP) is 0.238. The number of carbonyl (C=O) groups is 2. The molecule has 0 unspecified atom stereocenters. The van der Waals surface area contributed by atoms with Gasteiger partial charge in [0.2, 0.25) is 5.91 Å². The molecule has 292 valence electrons. The first-order chi connectivity index (χ1) is 23.8. The minimum atomic E-state index is -1.46. The average Bonchev–Trinajstić information content (AvgIpc) is 3.05. The normalized spacial score (nSPS) is 11.7. The molecule has 1 amide bonds. The van der Waals surface area contributed by atoms with E-state index in [1.54, 1.807) is 0 Å². The van der Waals surface area contributed by atoms with Crippen LogP contribution in [0.2, 0.25) is 19.6 Å². The van der Waals surface area contributed by atoms with Crippen LogP contribution < -0.4 is 5.32 Å². The van der Waals surface area contributed by atoms with E-state index in [2.05, 4.69) is 29.7 Å². The molecule has 17 nitrogen and oxygen atoms in total. The zero-order valence-corrected chi connectivity index (χ0v) is 31.0. The molecule has 0 aliphatic rings. The van der Waals surface area contributed by atoms with E-state index in [0.717, 1.165) is 0 Å². The molecule has 0 aliphatic carbocycles. The Balaban J connectivity index is 3.10. The van der Waals surface area contributed by atoms with Gasteiger partial charge in [-0.2, -0.15) is 0 Å². The zero-order chi connectivity index (χ0) is 35.9. The fourth-order valence-electron chi connectivity index (χ4n) is 3.25. The second-order valence-corrected chi connectivity index (χ2v) is 15.4. The van der Waals surface area contributed by atoms with E-state index >= 15 is 0 Å². The molecule has 0 rings (SSSR count). The summed E-state index contributed by atoms with van der Waals surface area (Å²) < 4.78 is 70.3. The molecule has 0 aliphatic heterocycles. The SMILES string of the molecule is C[Si](C)(C)OCCOCCOCCOCCOCCOCCOCCOCCOCCOCCOCCOCCNC(=O)COCC(=O)O. The van der Waals surface area contributed by atoms with Crippen LogP contribution in [0.5, 0.6) is 0 Å². The molecule has 0 radical (unpaired) electrons. The topological polar surface area (TPSA) is 186 Å². The van der Waals surface area contributed by atoms with Gasteiger partial charge in [-0.15, -0.1) is 0 Å². The number of aliphatic carboxylic acids is 1. The maximum absolute atomic E-state index is 11.4. The van der Waals surface area contributed by atoms with Crippen molar-refractivity contribution < 1.29 is 76.0 Å². The molecule has 0 bridgehead atoms. The first-order valence-electron chi connectivity index (χ1n) is 16.9. The van der Waals surface area contributed by atoms with Crippen molar-refractivity contribution in [1.29, 1.82) is 0 Å². The minimum Gasteiger partial charge on any atom is -0.480 e. The Hall–Kier alpha value is -1.36. The lowest BCUT2D eigenvalue weighted by Crippen LogP contribution is -2.31. The quantitative estimate of drug-likeness (QED) is 0.0642. The first-order valence-corrected chi connectivity index (χ1v) is 20.3. The van der Waals surface area contributed by atoms with Crippen LogP contribution >= 0.6 is 0 Å². The lowest BCUT2D eigenvalue weighted by molar-refractivity contribution is -0.143. The van der Waals surface area contributed by atoms with Crippen molar-refractivity contribution in [2.24, 2.45) is 0 Å². The highest BCUT2D eigenvalue weighted by molar-refractivity contribution is 6.69. The molecule has 0 aromatic heterocycles. The smallest absolute Gasteiger partial charge is 0.329 e. The van der Waals surface area contributed by atoms with Gasteiger partial charge >= 0.3 is 5.97 Å². The van der Waals surface area contributed by atoms with Crippen molar-refractivity contribution in [2.45, 2.75) is 19.6 Å². The van der Waals surface area contributed by atoms with Crippen LogP contribution in [0.3, 0.4) is 0 Å². The molecule has 0 heterocycles. The van der Waals surface area contributed by atoms with Gasteiger partial charge in [-0.05, 0) is 19.6 Å². The first kappa shape index (κ1) is 47.6. The number of hydrogen-bond acceptors (Lipinski definition) is 15. The van der Waals surface area contributed by atoms with Gasteiger partial charge in [0.05, 0.1) is 152 Å². The van der Waals surface area contributed by atoms with Gasteiger partial charge < -0.3 is 71.7 Å². The van der Waals surface area contributed by atoms with Gasteiger partial charge in [0.1, 0.15) is 13.2 Å². The predicted molar refractivity (Wildman–Crippen MR) is 180 cm³/mol. The van der Waals surface area contributed by atoms with E-state index < -0.39 is 26.8 Å². The fourth-order valence-corrected chi connectivity index (χ4v) is 3.95.